The van der Waals surface area contributed by atoms with Crippen molar-refractivity contribution < 1.29 is 13.9 Å². The maximum absolute atomic E-state index is 13.1. The van der Waals surface area contributed by atoms with Crippen molar-refractivity contribution in [1.29, 1.82) is 0 Å². The quantitative estimate of drug-likeness (QED) is 0.592. The Balaban J connectivity index is 1.26. The minimum absolute atomic E-state index is 0.0777. The number of nitrogens with zero attached hydrogens (tertiary/aromatic N) is 2. The van der Waals surface area contributed by atoms with Gasteiger partial charge in [-0.15, -0.1) is 0 Å². The maximum atomic E-state index is 13.1. The van der Waals surface area contributed by atoms with Crippen LogP contribution in [0.2, 0.25) is 0 Å². The molecule has 0 aliphatic carbocycles. The highest BCUT2D eigenvalue weighted by molar-refractivity contribution is 5.96. The molecule has 0 spiro atoms. The van der Waals surface area contributed by atoms with Gasteiger partial charge in [0.25, 0.3) is 0 Å². The van der Waals surface area contributed by atoms with Crippen molar-refractivity contribution in [2.45, 2.75) is 44.6 Å². The van der Waals surface area contributed by atoms with Crippen molar-refractivity contribution in [3.05, 3.63) is 54.3 Å². The molecule has 2 heterocycles. The zero-order valence-electron chi connectivity index (χ0n) is 18.1. The van der Waals surface area contributed by atoms with E-state index in [4.69, 9.17) is 4.74 Å². The average Bonchev–Trinajstić information content (AvgIpc) is 3.18. The Morgan fingerprint density at radius 1 is 1.00 bits per heavy atom. The summed E-state index contributed by atoms with van der Waals surface area (Å²) in [6.07, 6.45) is 6.38. The van der Waals surface area contributed by atoms with Crippen LogP contribution in [-0.2, 0) is 4.79 Å². The summed E-state index contributed by atoms with van der Waals surface area (Å²) in [6.45, 7) is 4.88. The molecule has 1 atom stereocenters. The summed E-state index contributed by atoms with van der Waals surface area (Å²) in [5, 5.41) is 3.32. The van der Waals surface area contributed by atoms with Gasteiger partial charge in [-0.2, -0.15) is 0 Å². The topological polar surface area (TPSA) is 44.8 Å². The molecule has 2 aromatic rings. The van der Waals surface area contributed by atoms with Crippen molar-refractivity contribution in [1.82, 2.24) is 4.90 Å². The predicted molar refractivity (Wildman–Crippen MR) is 122 cm³/mol. The molecule has 6 heteroatoms. The zero-order chi connectivity index (χ0) is 21.5. The van der Waals surface area contributed by atoms with E-state index in [1.807, 2.05) is 29.2 Å². The molecule has 2 fully saturated rings. The molecule has 166 valence electrons. The smallest absolute Gasteiger partial charge is 0.227 e. The Morgan fingerprint density at radius 3 is 2.48 bits per heavy atom. The molecule has 2 aromatic carbocycles. The van der Waals surface area contributed by atoms with Gasteiger partial charge in [0.15, 0.2) is 0 Å². The highest BCUT2D eigenvalue weighted by Crippen LogP contribution is 2.28. The number of amides is 1. The molecule has 0 aromatic heterocycles. The minimum atomic E-state index is -0.253. The largest absolute Gasteiger partial charge is 0.494 e. The van der Waals surface area contributed by atoms with E-state index in [-0.39, 0.29) is 17.8 Å². The van der Waals surface area contributed by atoms with Gasteiger partial charge < -0.3 is 19.9 Å². The normalized spacial score (nSPS) is 19.6. The maximum Gasteiger partial charge on any atom is 0.227 e. The summed E-state index contributed by atoms with van der Waals surface area (Å²) >= 11 is 0. The second kappa shape index (κ2) is 10.6. The van der Waals surface area contributed by atoms with Crippen molar-refractivity contribution in [2.24, 2.45) is 0 Å². The van der Waals surface area contributed by atoms with Crippen LogP contribution >= 0.6 is 0 Å². The van der Waals surface area contributed by atoms with Gasteiger partial charge in [0, 0.05) is 30.9 Å². The number of halogens is 1. The molecule has 2 aliphatic rings. The van der Waals surface area contributed by atoms with E-state index in [1.54, 1.807) is 12.1 Å². The Kier molecular flexibility index (Phi) is 7.41. The van der Waals surface area contributed by atoms with Crippen LogP contribution < -0.4 is 15.0 Å². The number of carbonyl (C=O) groups is 1. The van der Waals surface area contributed by atoms with Gasteiger partial charge in [0.1, 0.15) is 11.6 Å². The minimum Gasteiger partial charge on any atom is -0.494 e. The Hall–Kier alpha value is -2.60. The third kappa shape index (κ3) is 5.97. The first-order valence-corrected chi connectivity index (χ1v) is 11.5. The number of carbonyl (C=O) groups excluding carboxylic acids is 1. The predicted octanol–water partition coefficient (Wildman–Crippen LogP) is 4.69. The van der Waals surface area contributed by atoms with Crippen molar-refractivity contribution >= 4 is 17.3 Å². The van der Waals surface area contributed by atoms with Crippen LogP contribution in [0.5, 0.6) is 5.75 Å². The molecule has 1 amide bonds. The molecule has 2 saturated heterocycles. The van der Waals surface area contributed by atoms with Crippen molar-refractivity contribution in [2.75, 3.05) is 43.0 Å². The molecule has 5 nitrogen and oxygen atoms in total. The Morgan fingerprint density at radius 2 is 1.74 bits per heavy atom. The average molecular weight is 426 g/mol. The lowest BCUT2D eigenvalue weighted by Gasteiger charge is -2.26. The van der Waals surface area contributed by atoms with Crippen LogP contribution in [0.1, 0.15) is 38.5 Å². The van der Waals surface area contributed by atoms with Crippen LogP contribution in [0.15, 0.2) is 48.5 Å². The molecule has 0 radical (unpaired) electrons. The van der Waals surface area contributed by atoms with E-state index in [1.165, 1.54) is 44.5 Å². The fraction of sp³-hybridized carbons (Fsp3) is 0.480. The van der Waals surface area contributed by atoms with E-state index in [0.29, 0.717) is 19.6 Å². The van der Waals surface area contributed by atoms with Crippen LogP contribution in [0, 0.1) is 5.82 Å². The fourth-order valence-electron chi connectivity index (χ4n) is 4.46. The summed E-state index contributed by atoms with van der Waals surface area (Å²) in [4.78, 5) is 16.9. The lowest BCUT2D eigenvalue weighted by Crippen LogP contribution is -2.37. The van der Waals surface area contributed by atoms with E-state index in [2.05, 4.69) is 10.2 Å². The number of anilines is 2. The van der Waals surface area contributed by atoms with Gasteiger partial charge in [0.05, 0.1) is 12.6 Å². The zero-order valence-corrected chi connectivity index (χ0v) is 18.1. The molecular formula is C25H32FN3O2. The first-order chi connectivity index (χ1) is 15.2. The van der Waals surface area contributed by atoms with Gasteiger partial charge >= 0.3 is 0 Å². The van der Waals surface area contributed by atoms with Gasteiger partial charge in [-0.3, -0.25) is 4.79 Å². The van der Waals surface area contributed by atoms with E-state index < -0.39 is 0 Å². The third-order valence-electron chi connectivity index (χ3n) is 6.16. The lowest BCUT2D eigenvalue weighted by molar-refractivity contribution is -0.117. The molecule has 31 heavy (non-hydrogen) atoms. The molecule has 0 saturated carbocycles. The number of hydrogen-bond acceptors (Lipinski definition) is 4. The summed E-state index contributed by atoms with van der Waals surface area (Å²) in [5.74, 6) is 0.730. The van der Waals surface area contributed by atoms with Crippen molar-refractivity contribution in [3.8, 4) is 5.75 Å². The van der Waals surface area contributed by atoms with E-state index >= 15 is 0 Å². The van der Waals surface area contributed by atoms with Crippen LogP contribution in [-0.4, -0.2) is 49.6 Å². The van der Waals surface area contributed by atoms with Crippen LogP contribution in [0.4, 0.5) is 15.8 Å². The summed E-state index contributed by atoms with van der Waals surface area (Å²) < 4.78 is 19.0. The summed E-state index contributed by atoms with van der Waals surface area (Å²) in [6, 6.07) is 14.2. The lowest BCUT2D eigenvalue weighted by atomic mass is 10.1. The third-order valence-corrected chi connectivity index (χ3v) is 6.16. The standard InChI is InChI=1S/C25H32FN3O2/c26-20-5-7-21(8-6-20)27-19-23-11-14-25(30)29(23)22-9-12-24(13-10-22)31-18-4-17-28-15-2-1-3-16-28/h5-10,12-13,23,27H,1-4,11,14-19H2/t23-/m0/s1. The first kappa shape index (κ1) is 21.6. The fourth-order valence-corrected chi connectivity index (χ4v) is 4.46. The SMILES string of the molecule is O=C1CC[C@@H](CNc2ccc(F)cc2)N1c1ccc(OCCCN2CCCCC2)cc1. The second-order valence-electron chi connectivity index (χ2n) is 8.44. The van der Waals surface area contributed by atoms with E-state index in [9.17, 15) is 9.18 Å². The highest BCUT2D eigenvalue weighted by atomic mass is 19.1. The molecule has 4 rings (SSSR count). The summed E-state index contributed by atoms with van der Waals surface area (Å²) in [5.41, 5.74) is 1.75. The molecule has 2 aliphatic heterocycles. The molecular weight excluding hydrogens is 393 g/mol. The summed E-state index contributed by atoms with van der Waals surface area (Å²) in [7, 11) is 0. The number of likely N-dealkylation sites (tertiary alicyclic amines) is 1. The van der Waals surface area contributed by atoms with Crippen molar-refractivity contribution in [3.63, 3.8) is 0 Å². The Labute approximate surface area is 184 Å². The molecule has 0 unspecified atom stereocenters. The number of piperidine rings is 1. The van der Waals surface area contributed by atoms with Crippen LogP contribution in [0.3, 0.4) is 0 Å². The molecule has 0 bridgehead atoms. The Bertz CT molecular complexity index is 835. The molecule has 1 N–H and O–H groups in total. The van der Waals surface area contributed by atoms with Gasteiger partial charge in [0.2, 0.25) is 5.91 Å². The van der Waals surface area contributed by atoms with E-state index in [0.717, 1.165) is 36.5 Å². The number of benzene rings is 2. The highest BCUT2D eigenvalue weighted by Gasteiger charge is 2.31. The number of rotatable bonds is 9. The number of nitrogens with one attached hydrogen (secondary N) is 1. The first-order valence-electron chi connectivity index (χ1n) is 11.5. The van der Waals surface area contributed by atoms with Gasteiger partial charge in [-0.05, 0) is 87.3 Å². The number of ether oxygens (including phenoxy) is 1. The van der Waals surface area contributed by atoms with Crippen LogP contribution in [0.25, 0.3) is 0 Å². The number of hydrogen-bond donors (Lipinski definition) is 1. The monoisotopic (exact) mass is 425 g/mol. The van der Waals surface area contributed by atoms with Gasteiger partial charge in [-0.25, -0.2) is 4.39 Å². The second-order valence-corrected chi connectivity index (χ2v) is 8.44. The van der Waals surface area contributed by atoms with Gasteiger partial charge in [-0.1, -0.05) is 6.42 Å².